The number of Topliss-reactive ketones (excluding diaryl/α,β-unsaturated/α-hetero) is 1. The number of ether oxygens (including phenoxy) is 3. The molecule has 1 aliphatic heterocycles. The maximum absolute atomic E-state index is 13.0. The largest absolute Gasteiger partial charge is 0.573 e. The number of aliphatic hydroxyl groups excluding tert-OH is 1. The third-order valence-electron chi connectivity index (χ3n) is 4.59. The van der Waals surface area contributed by atoms with Gasteiger partial charge in [-0.2, -0.15) is 0 Å². The molecule has 0 bridgehead atoms. The summed E-state index contributed by atoms with van der Waals surface area (Å²) in [6.45, 7) is 5.97. The first-order chi connectivity index (χ1) is 14.2. The third-order valence-corrected chi connectivity index (χ3v) is 4.84. The molecule has 5 nitrogen and oxygen atoms in total. The number of hydrogen-bond acceptors (Lipinski definition) is 5. The number of rotatable bonds is 4. The normalized spacial score (nSPS) is 18.1. The van der Waals surface area contributed by atoms with E-state index in [1.165, 1.54) is 39.8 Å². The molecule has 3 rings (SSSR count). The van der Waals surface area contributed by atoms with E-state index in [-0.39, 0.29) is 16.9 Å². The lowest BCUT2D eigenvalue weighted by atomic mass is 9.83. The molecule has 0 spiro atoms. The molecule has 0 radical (unpaired) electrons. The van der Waals surface area contributed by atoms with Crippen LogP contribution in [-0.4, -0.2) is 28.5 Å². The van der Waals surface area contributed by atoms with Gasteiger partial charge in [0, 0.05) is 10.6 Å². The molecule has 2 aromatic carbocycles. The van der Waals surface area contributed by atoms with Gasteiger partial charge in [0.05, 0.1) is 5.57 Å². The predicted molar refractivity (Wildman–Crippen MR) is 108 cm³/mol. The van der Waals surface area contributed by atoms with Crippen LogP contribution in [0.5, 0.6) is 17.2 Å². The van der Waals surface area contributed by atoms with Crippen molar-refractivity contribution in [1.82, 2.24) is 0 Å². The molecule has 0 atom stereocenters. The molecule has 1 aliphatic rings. The van der Waals surface area contributed by atoms with Gasteiger partial charge in [-0.1, -0.05) is 11.6 Å². The summed E-state index contributed by atoms with van der Waals surface area (Å²) < 4.78 is 54.5. The molecule has 0 aliphatic carbocycles. The zero-order chi connectivity index (χ0) is 23.2. The first-order valence-corrected chi connectivity index (χ1v) is 9.60. The van der Waals surface area contributed by atoms with Gasteiger partial charge in [0.15, 0.2) is 5.78 Å². The van der Waals surface area contributed by atoms with Gasteiger partial charge in [-0.25, -0.2) is 0 Å². The van der Waals surface area contributed by atoms with Crippen LogP contribution in [-0.2, 0) is 9.53 Å². The van der Waals surface area contributed by atoms with Crippen molar-refractivity contribution in [3.05, 3.63) is 58.8 Å². The van der Waals surface area contributed by atoms with Crippen molar-refractivity contribution < 1.29 is 37.3 Å². The Morgan fingerprint density at radius 2 is 1.55 bits per heavy atom. The molecule has 0 amide bonds. The summed E-state index contributed by atoms with van der Waals surface area (Å²) in [4.78, 5) is 13.0. The Balaban J connectivity index is 2.17. The summed E-state index contributed by atoms with van der Waals surface area (Å²) in [5.74, 6) is -1.36. The van der Waals surface area contributed by atoms with E-state index in [9.17, 15) is 23.1 Å². The topological polar surface area (TPSA) is 65.0 Å². The highest BCUT2D eigenvalue weighted by molar-refractivity contribution is 6.30. The number of carbonyl (C=O) groups excluding carboxylic acids is 1. The molecular formula is C22H20ClF3O5. The minimum atomic E-state index is -5.01. The van der Waals surface area contributed by atoms with Gasteiger partial charge < -0.3 is 19.3 Å². The standard InChI is InChI=1S/C22H20ClF3O5/c1-20(2)18(27)17(19(28)21(3,4)31-20)15-11-14(9-10-16(15)30-22(24,25)26)29-13-7-5-12(23)6-8-13/h5-11,27H,1-4H3. The molecule has 9 heteroatoms. The second kappa shape index (κ2) is 7.76. The number of carbonyl (C=O) groups is 1. The fourth-order valence-electron chi connectivity index (χ4n) is 3.31. The van der Waals surface area contributed by atoms with Gasteiger partial charge in [-0.3, -0.25) is 4.79 Å². The first-order valence-electron chi connectivity index (χ1n) is 9.22. The van der Waals surface area contributed by atoms with Crippen molar-refractivity contribution in [2.45, 2.75) is 45.3 Å². The second-order valence-corrected chi connectivity index (χ2v) is 8.37. The first kappa shape index (κ1) is 23.0. The van der Waals surface area contributed by atoms with E-state index in [0.29, 0.717) is 10.8 Å². The summed E-state index contributed by atoms with van der Waals surface area (Å²) in [7, 11) is 0. The third kappa shape index (κ3) is 4.97. The van der Waals surface area contributed by atoms with Gasteiger partial charge in [0.25, 0.3) is 0 Å². The lowest BCUT2D eigenvalue weighted by molar-refractivity contribution is -0.274. The molecule has 0 unspecified atom stereocenters. The fraction of sp³-hybridized carbons (Fsp3) is 0.318. The Labute approximate surface area is 182 Å². The molecule has 2 aromatic rings. The second-order valence-electron chi connectivity index (χ2n) is 7.94. The number of alkyl halides is 3. The van der Waals surface area contributed by atoms with Crippen LogP contribution in [0.1, 0.15) is 33.3 Å². The maximum atomic E-state index is 13.0. The Bertz CT molecular complexity index is 1040. The minimum Gasteiger partial charge on any atom is -0.508 e. The highest BCUT2D eigenvalue weighted by Crippen LogP contribution is 2.44. The van der Waals surface area contributed by atoms with Gasteiger partial charge in [0.2, 0.25) is 0 Å². The molecule has 31 heavy (non-hydrogen) atoms. The summed E-state index contributed by atoms with van der Waals surface area (Å²) in [6, 6.07) is 9.81. The summed E-state index contributed by atoms with van der Waals surface area (Å²) >= 11 is 5.85. The van der Waals surface area contributed by atoms with E-state index < -0.39 is 34.9 Å². The maximum Gasteiger partial charge on any atom is 0.573 e. The van der Waals surface area contributed by atoms with E-state index >= 15 is 0 Å². The SMILES string of the molecule is CC1(C)OC(C)(C)C(O)=C(c2cc(Oc3ccc(Cl)cc3)ccc2OC(F)(F)F)C1=O. The van der Waals surface area contributed by atoms with Crippen LogP contribution < -0.4 is 9.47 Å². The van der Waals surface area contributed by atoms with Crippen molar-refractivity contribution in [1.29, 1.82) is 0 Å². The van der Waals surface area contributed by atoms with E-state index in [0.717, 1.165) is 6.07 Å². The van der Waals surface area contributed by atoms with Gasteiger partial charge in [0.1, 0.15) is 34.2 Å². The van der Waals surface area contributed by atoms with Crippen LogP contribution in [0.25, 0.3) is 5.57 Å². The highest BCUT2D eigenvalue weighted by Gasteiger charge is 2.48. The van der Waals surface area contributed by atoms with Crippen LogP contribution in [0.2, 0.25) is 5.02 Å². The number of halogens is 4. The average Bonchev–Trinajstić information content (AvgIpc) is 2.62. The molecule has 166 valence electrons. The molecule has 0 fully saturated rings. The van der Waals surface area contributed by atoms with Crippen molar-refractivity contribution in [2.75, 3.05) is 0 Å². The molecule has 0 saturated heterocycles. The molecular weight excluding hydrogens is 437 g/mol. The zero-order valence-electron chi connectivity index (χ0n) is 17.1. The number of aliphatic hydroxyl groups is 1. The van der Waals surface area contributed by atoms with Crippen LogP contribution in [0.15, 0.2) is 48.2 Å². The lowest BCUT2D eigenvalue weighted by Crippen LogP contribution is -2.49. The molecule has 0 aromatic heterocycles. The zero-order valence-corrected chi connectivity index (χ0v) is 17.9. The van der Waals surface area contributed by atoms with Crippen LogP contribution >= 0.6 is 11.6 Å². The molecule has 1 N–H and O–H groups in total. The van der Waals surface area contributed by atoms with Gasteiger partial charge in [-0.15, -0.1) is 13.2 Å². The van der Waals surface area contributed by atoms with Crippen molar-refractivity contribution in [3.63, 3.8) is 0 Å². The Hall–Kier alpha value is -2.71. The van der Waals surface area contributed by atoms with Crippen molar-refractivity contribution in [3.8, 4) is 17.2 Å². The quantitative estimate of drug-likeness (QED) is 0.572. The summed E-state index contributed by atoms with van der Waals surface area (Å²) in [6.07, 6.45) is -5.01. The summed E-state index contributed by atoms with van der Waals surface area (Å²) in [5, 5.41) is 11.2. The van der Waals surface area contributed by atoms with E-state index in [2.05, 4.69) is 4.74 Å². The van der Waals surface area contributed by atoms with E-state index in [4.69, 9.17) is 21.1 Å². The van der Waals surface area contributed by atoms with Crippen LogP contribution in [0.4, 0.5) is 13.2 Å². The fourth-order valence-corrected chi connectivity index (χ4v) is 3.44. The monoisotopic (exact) mass is 456 g/mol. The molecule has 0 saturated carbocycles. The van der Waals surface area contributed by atoms with E-state index in [1.807, 2.05) is 0 Å². The Morgan fingerprint density at radius 1 is 0.968 bits per heavy atom. The number of ketones is 1. The van der Waals surface area contributed by atoms with Crippen molar-refractivity contribution in [2.24, 2.45) is 0 Å². The van der Waals surface area contributed by atoms with Gasteiger partial charge >= 0.3 is 6.36 Å². The van der Waals surface area contributed by atoms with E-state index in [1.54, 1.807) is 24.3 Å². The number of hydrogen-bond donors (Lipinski definition) is 1. The van der Waals surface area contributed by atoms with Crippen molar-refractivity contribution >= 4 is 23.0 Å². The smallest absolute Gasteiger partial charge is 0.508 e. The predicted octanol–water partition coefficient (Wildman–Crippen LogP) is 6.46. The Morgan fingerprint density at radius 3 is 2.13 bits per heavy atom. The minimum absolute atomic E-state index is 0.127. The number of benzene rings is 2. The highest BCUT2D eigenvalue weighted by atomic mass is 35.5. The van der Waals surface area contributed by atoms with Gasteiger partial charge in [-0.05, 0) is 70.2 Å². The summed E-state index contributed by atoms with van der Waals surface area (Å²) in [5.41, 5.74) is -3.32. The lowest BCUT2D eigenvalue weighted by Gasteiger charge is -2.40. The van der Waals surface area contributed by atoms with Crippen LogP contribution in [0, 0.1) is 0 Å². The molecule has 1 heterocycles. The average molecular weight is 457 g/mol. The Kier molecular flexibility index (Phi) is 5.75. The van der Waals surface area contributed by atoms with Crippen LogP contribution in [0.3, 0.4) is 0 Å².